The predicted molar refractivity (Wildman–Crippen MR) is 102 cm³/mol. The minimum atomic E-state index is -1.73. The molecule has 1 aromatic rings. The van der Waals surface area contributed by atoms with Gasteiger partial charge in [0, 0.05) is 12.1 Å². The van der Waals surface area contributed by atoms with Crippen molar-refractivity contribution in [2.45, 2.75) is 26.7 Å². The molecule has 2 bridgehead atoms. The largest absolute Gasteiger partial charge is 0.279 e. The van der Waals surface area contributed by atoms with Crippen LogP contribution in [0, 0.1) is 84.7 Å². The molecule has 4 atom stereocenters. The molecule has 0 spiro atoms. The van der Waals surface area contributed by atoms with Gasteiger partial charge in [0.25, 0.3) is 0 Å². The molecule has 0 aromatic heterocycles. The molecule has 0 amide bonds. The number of hydrazone groups is 1. The Balaban J connectivity index is 1.84. The topological polar surface area (TPSA) is 120 Å². The first kappa shape index (κ1) is 18.0. The van der Waals surface area contributed by atoms with Crippen LogP contribution in [0.4, 0.5) is 5.69 Å². The lowest BCUT2D eigenvalue weighted by molar-refractivity contribution is -0.275. The zero-order chi connectivity index (χ0) is 20.2. The zero-order valence-electron chi connectivity index (χ0n) is 15.8. The van der Waals surface area contributed by atoms with E-state index in [0.29, 0.717) is 12.3 Å². The van der Waals surface area contributed by atoms with Crippen LogP contribution in [0.15, 0.2) is 35.4 Å². The molecule has 0 radical (unpaired) electrons. The Kier molecular flexibility index (Phi) is 3.59. The van der Waals surface area contributed by atoms with Crippen LogP contribution in [0.25, 0.3) is 0 Å². The molecule has 0 saturated heterocycles. The molecular weight excluding hydrogens is 348 g/mol. The highest BCUT2D eigenvalue weighted by atomic mass is 15.3. The Bertz CT molecular complexity index is 984. The average Bonchev–Trinajstić information content (AvgIpc) is 2.71. The first-order valence-corrected chi connectivity index (χ1v) is 9.40. The summed E-state index contributed by atoms with van der Waals surface area (Å²) in [6.45, 7) is 4.31. The maximum atomic E-state index is 10.1. The molecule has 0 aliphatic heterocycles. The Labute approximate surface area is 164 Å². The van der Waals surface area contributed by atoms with E-state index in [9.17, 15) is 21.0 Å². The molecule has 138 valence electrons. The van der Waals surface area contributed by atoms with Gasteiger partial charge >= 0.3 is 0 Å². The molecule has 28 heavy (non-hydrogen) atoms. The quantitative estimate of drug-likeness (QED) is 0.642. The number of nitrogens with one attached hydrogen (secondary N) is 1. The van der Waals surface area contributed by atoms with Crippen LogP contribution in [0.5, 0.6) is 0 Å². The lowest BCUT2D eigenvalue weighted by atomic mass is 9.20. The summed E-state index contributed by atoms with van der Waals surface area (Å²) in [7, 11) is 0. The van der Waals surface area contributed by atoms with Crippen LogP contribution in [-0.2, 0) is 0 Å². The SMILES string of the molecule is CC1(C)C2CC1C1(/C=N\Nc3ccccc3)C(C2)C(C#N)(C#N)C1(C#N)C#N. The van der Waals surface area contributed by atoms with Gasteiger partial charge in [-0.2, -0.15) is 26.1 Å². The van der Waals surface area contributed by atoms with Crippen molar-refractivity contribution in [3.8, 4) is 24.3 Å². The molecule has 0 heterocycles. The lowest BCUT2D eigenvalue weighted by Crippen LogP contribution is -2.81. The fraction of sp³-hybridized carbons (Fsp3) is 0.500. The van der Waals surface area contributed by atoms with Gasteiger partial charge in [-0.1, -0.05) is 32.0 Å². The summed E-state index contributed by atoms with van der Waals surface area (Å²) in [4.78, 5) is 0. The van der Waals surface area contributed by atoms with Crippen LogP contribution in [0.2, 0.25) is 0 Å². The maximum absolute atomic E-state index is 10.1. The van der Waals surface area contributed by atoms with Crippen molar-refractivity contribution in [3.05, 3.63) is 30.3 Å². The Morgan fingerprint density at radius 1 is 0.964 bits per heavy atom. The minimum Gasteiger partial charge on any atom is -0.279 e. The normalized spacial score (nSPS) is 34.9. The van der Waals surface area contributed by atoms with Gasteiger partial charge in [-0.05, 0) is 42.2 Å². The van der Waals surface area contributed by atoms with Gasteiger partial charge in [0.1, 0.15) is 0 Å². The number of hydrogen-bond acceptors (Lipinski definition) is 6. The van der Waals surface area contributed by atoms with Gasteiger partial charge in [-0.25, -0.2) is 0 Å². The Hall–Kier alpha value is -3.35. The molecule has 4 aliphatic rings. The molecule has 1 N–H and O–H groups in total. The standard InChI is InChI=1S/C22H20N6/c1-19(2)15-8-17(19)22(14-27-28-16-6-4-3-5-7-16)18(9-15)20(10-23,11-24)21(22,12-25)13-26/h3-7,14-15,17-18,28H,8-9H2,1-2H3/b27-14-. The average molecular weight is 368 g/mol. The summed E-state index contributed by atoms with van der Waals surface area (Å²) >= 11 is 0. The van der Waals surface area contributed by atoms with E-state index in [-0.39, 0.29) is 17.3 Å². The monoisotopic (exact) mass is 368 g/mol. The van der Waals surface area contributed by atoms with E-state index < -0.39 is 16.2 Å². The van der Waals surface area contributed by atoms with Gasteiger partial charge in [0.15, 0.2) is 10.8 Å². The molecule has 6 heteroatoms. The van der Waals surface area contributed by atoms with Gasteiger partial charge in [-0.3, -0.25) is 5.43 Å². The summed E-state index contributed by atoms with van der Waals surface area (Å²) in [6.07, 6.45) is 3.22. The van der Waals surface area contributed by atoms with Gasteiger partial charge in [-0.15, -0.1) is 0 Å². The summed E-state index contributed by atoms with van der Waals surface area (Å²) in [5.74, 6) is 0.0502. The number of para-hydroxylation sites is 1. The second-order valence-electron chi connectivity index (χ2n) is 8.77. The Morgan fingerprint density at radius 3 is 2.11 bits per heavy atom. The van der Waals surface area contributed by atoms with Crippen molar-refractivity contribution in [2.24, 2.45) is 44.5 Å². The molecule has 4 aliphatic carbocycles. The molecule has 4 unspecified atom stereocenters. The lowest BCUT2D eigenvalue weighted by Gasteiger charge is -2.77. The highest BCUT2D eigenvalue weighted by Crippen LogP contribution is 2.84. The highest BCUT2D eigenvalue weighted by Gasteiger charge is 2.89. The van der Waals surface area contributed by atoms with Crippen LogP contribution in [0.1, 0.15) is 26.7 Å². The van der Waals surface area contributed by atoms with Crippen molar-refractivity contribution >= 4 is 11.9 Å². The van der Waals surface area contributed by atoms with Crippen molar-refractivity contribution in [1.29, 1.82) is 21.0 Å². The first-order chi connectivity index (χ1) is 13.4. The number of nitrogens with zero attached hydrogens (tertiary/aromatic N) is 5. The van der Waals surface area contributed by atoms with E-state index in [1.54, 1.807) is 6.21 Å². The summed E-state index contributed by atoms with van der Waals surface area (Å²) in [6, 6.07) is 17.8. The van der Waals surface area contributed by atoms with Crippen LogP contribution < -0.4 is 5.43 Å². The fourth-order valence-corrected chi connectivity index (χ4v) is 6.28. The first-order valence-electron chi connectivity index (χ1n) is 9.40. The molecule has 6 nitrogen and oxygen atoms in total. The van der Waals surface area contributed by atoms with E-state index >= 15 is 0 Å². The molecule has 4 fully saturated rings. The molecule has 4 saturated carbocycles. The smallest absolute Gasteiger partial charge is 0.186 e. The van der Waals surface area contributed by atoms with E-state index in [0.717, 1.165) is 12.1 Å². The third-order valence-corrected chi connectivity index (χ3v) is 7.84. The second-order valence-corrected chi connectivity index (χ2v) is 8.77. The number of nitriles is 4. The number of anilines is 1. The fourth-order valence-electron chi connectivity index (χ4n) is 6.28. The van der Waals surface area contributed by atoms with Crippen LogP contribution in [0.3, 0.4) is 0 Å². The zero-order valence-corrected chi connectivity index (χ0v) is 15.8. The minimum absolute atomic E-state index is 0.0270. The van der Waals surface area contributed by atoms with Crippen molar-refractivity contribution in [2.75, 3.05) is 5.43 Å². The van der Waals surface area contributed by atoms with E-state index in [2.05, 4.69) is 48.7 Å². The van der Waals surface area contributed by atoms with Gasteiger partial charge in [0.2, 0.25) is 0 Å². The highest BCUT2D eigenvalue weighted by molar-refractivity contribution is 5.78. The van der Waals surface area contributed by atoms with Crippen molar-refractivity contribution in [1.82, 2.24) is 0 Å². The predicted octanol–water partition coefficient (Wildman–Crippen LogP) is 3.83. The summed E-state index contributed by atoms with van der Waals surface area (Å²) in [5.41, 5.74) is -0.572. The number of rotatable bonds is 3. The molecule has 1 aromatic carbocycles. The summed E-state index contributed by atoms with van der Waals surface area (Å²) < 4.78 is 0. The molecular formula is C22H20N6. The van der Waals surface area contributed by atoms with E-state index in [1.165, 1.54) is 0 Å². The van der Waals surface area contributed by atoms with Crippen LogP contribution >= 0.6 is 0 Å². The third-order valence-electron chi connectivity index (χ3n) is 7.84. The third kappa shape index (κ3) is 1.67. The number of benzene rings is 1. The van der Waals surface area contributed by atoms with Crippen LogP contribution in [-0.4, -0.2) is 6.21 Å². The number of hydrogen-bond donors (Lipinski definition) is 1. The maximum Gasteiger partial charge on any atom is 0.186 e. The second kappa shape index (κ2) is 5.58. The van der Waals surface area contributed by atoms with Gasteiger partial charge < -0.3 is 0 Å². The van der Waals surface area contributed by atoms with Crippen molar-refractivity contribution in [3.63, 3.8) is 0 Å². The molecule has 5 rings (SSSR count). The summed E-state index contributed by atoms with van der Waals surface area (Å²) in [5, 5.41) is 44.4. The van der Waals surface area contributed by atoms with E-state index in [4.69, 9.17) is 0 Å². The van der Waals surface area contributed by atoms with Crippen molar-refractivity contribution < 1.29 is 0 Å². The van der Waals surface area contributed by atoms with Gasteiger partial charge in [0.05, 0.1) is 35.4 Å². The Morgan fingerprint density at radius 2 is 1.57 bits per heavy atom. The van der Waals surface area contributed by atoms with E-state index in [1.807, 2.05) is 30.3 Å².